The summed E-state index contributed by atoms with van der Waals surface area (Å²) in [6.45, 7) is 3.23. The molecule has 0 amide bonds. The van der Waals surface area contributed by atoms with Gasteiger partial charge in [0.25, 0.3) is 0 Å². The molecule has 19 heavy (non-hydrogen) atoms. The van der Waals surface area contributed by atoms with Crippen molar-refractivity contribution in [2.24, 2.45) is 0 Å². The fourth-order valence-electron chi connectivity index (χ4n) is 1.54. The second-order valence-electron chi connectivity index (χ2n) is 4.20. The third-order valence-corrected chi connectivity index (χ3v) is 3.24. The standard InChI is InChI=1S/C13H21F2N3S/c1-3-6-16-12-10(14)9-11(15)13(18-12)17-7-4-5-8-19-2/h9H,3-8H2,1-2H3,(H2,16,17,18). The molecule has 108 valence electrons. The van der Waals surface area contributed by atoms with Crippen LogP contribution in [-0.4, -0.2) is 30.1 Å². The maximum atomic E-state index is 13.5. The van der Waals surface area contributed by atoms with Gasteiger partial charge in [-0.15, -0.1) is 0 Å². The third-order valence-electron chi connectivity index (χ3n) is 2.54. The van der Waals surface area contributed by atoms with E-state index in [1.54, 1.807) is 11.8 Å². The Morgan fingerprint density at radius 1 is 1.11 bits per heavy atom. The van der Waals surface area contributed by atoms with E-state index in [0.29, 0.717) is 13.1 Å². The minimum absolute atomic E-state index is 0.106. The molecule has 6 heteroatoms. The SMILES string of the molecule is CCCNc1nc(NCCCCSC)c(F)cc1F. The van der Waals surface area contributed by atoms with Crippen molar-refractivity contribution in [3.8, 4) is 0 Å². The van der Waals surface area contributed by atoms with E-state index in [-0.39, 0.29) is 11.6 Å². The quantitative estimate of drug-likeness (QED) is 0.679. The molecule has 0 aliphatic rings. The molecule has 0 saturated heterocycles. The number of rotatable bonds is 9. The van der Waals surface area contributed by atoms with Gasteiger partial charge in [0, 0.05) is 19.2 Å². The first kappa shape index (κ1) is 16.0. The van der Waals surface area contributed by atoms with E-state index in [4.69, 9.17) is 0 Å². The number of anilines is 2. The number of aromatic nitrogens is 1. The average Bonchev–Trinajstić information content (AvgIpc) is 2.39. The van der Waals surface area contributed by atoms with Gasteiger partial charge in [0.15, 0.2) is 23.3 Å². The largest absolute Gasteiger partial charge is 0.368 e. The maximum Gasteiger partial charge on any atom is 0.168 e. The molecular weight excluding hydrogens is 268 g/mol. The monoisotopic (exact) mass is 289 g/mol. The van der Waals surface area contributed by atoms with E-state index in [1.165, 1.54) is 0 Å². The third kappa shape index (κ3) is 5.63. The zero-order valence-corrected chi connectivity index (χ0v) is 12.2. The van der Waals surface area contributed by atoms with Gasteiger partial charge in [-0.3, -0.25) is 0 Å². The van der Waals surface area contributed by atoms with E-state index in [0.717, 1.165) is 31.1 Å². The number of pyridine rings is 1. The van der Waals surface area contributed by atoms with Crippen LogP contribution in [0.15, 0.2) is 6.07 Å². The van der Waals surface area contributed by atoms with E-state index in [9.17, 15) is 8.78 Å². The summed E-state index contributed by atoms with van der Waals surface area (Å²) >= 11 is 1.79. The predicted molar refractivity (Wildman–Crippen MR) is 79.0 cm³/mol. The summed E-state index contributed by atoms with van der Waals surface area (Å²) in [5.41, 5.74) is 0. The molecule has 0 unspecified atom stereocenters. The summed E-state index contributed by atoms with van der Waals surface area (Å²) in [6.07, 6.45) is 4.92. The molecule has 1 rings (SSSR count). The normalized spacial score (nSPS) is 10.5. The van der Waals surface area contributed by atoms with Crippen molar-refractivity contribution in [2.75, 3.05) is 35.7 Å². The number of halogens is 2. The molecule has 3 nitrogen and oxygen atoms in total. The second-order valence-corrected chi connectivity index (χ2v) is 5.19. The first-order valence-corrected chi connectivity index (χ1v) is 7.91. The molecule has 0 bridgehead atoms. The molecular formula is C13H21F2N3S. The van der Waals surface area contributed by atoms with Gasteiger partial charge in [-0.1, -0.05) is 6.92 Å². The van der Waals surface area contributed by atoms with Crippen LogP contribution in [0.2, 0.25) is 0 Å². The van der Waals surface area contributed by atoms with Gasteiger partial charge in [0.2, 0.25) is 0 Å². The van der Waals surface area contributed by atoms with E-state index < -0.39 is 11.6 Å². The van der Waals surface area contributed by atoms with Crippen molar-refractivity contribution >= 4 is 23.4 Å². The molecule has 2 N–H and O–H groups in total. The van der Waals surface area contributed by atoms with Crippen LogP contribution in [0.25, 0.3) is 0 Å². The minimum atomic E-state index is -0.654. The molecule has 0 aliphatic carbocycles. The lowest BCUT2D eigenvalue weighted by Crippen LogP contribution is -2.10. The molecule has 1 aromatic rings. The van der Waals surface area contributed by atoms with Crippen LogP contribution < -0.4 is 10.6 Å². The van der Waals surface area contributed by atoms with Gasteiger partial charge in [0.05, 0.1) is 0 Å². The lowest BCUT2D eigenvalue weighted by Gasteiger charge is -2.10. The van der Waals surface area contributed by atoms with Crippen LogP contribution in [0, 0.1) is 11.6 Å². The van der Waals surface area contributed by atoms with Crippen LogP contribution in [-0.2, 0) is 0 Å². The van der Waals surface area contributed by atoms with Gasteiger partial charge in [-0.05, 0) is 31.3 Å². The molecule has 0 spiro atoms. The van der Waals surface area contributed by atoms with Gasteiger partial charge >= 0.3 is 0 Å². The fourth-order valence-corrected chi connectivity index (χ4v) is 2.03. The van der Waals surface area contributed by atoms with Crippen molar-refractivity contribution in [1.29, 1.82) is 0 Å². The highest BCUT2D eigenvalue weighted by atomic mass is 32.2. The minimum Gasteiger partial charge on any atom is -0.368 e. The van der Waals surface area contributed by atoms with Crippen LogP contribution >= 0.6 is 11.8 Å². The fraction of sp³-hybridized carbons (Fsp3) is 0.615. The van der Waals surface area contributed by atoms with Crippen LogP contribution in [0.3, 0.4) is 0 Å². The number of hydrogen-bond donors (Lipinski definition) is 2. The molecule has 1 aromatic heterocycles. The topological polar surface area (TPSA) is 37.0 Å². The second kappa shape index (κ2) is 8.96. The van der Waals surface area contributed by atoms with Crippen molar-refractivity contribution in [2.45, 2.75) is 26.2 Å². The first-order valence-electron chi connectivity index (χ1n) is 6.51. The Kier molecular flexibility index (Phi) is 7.55. The highest BCUT2D eigenvalue weighted by molar-refractivity contribution is 7.98. The van der Waals surface area contributed by atoms with Crippen LogP contribution in [0.4, 0.5) is 20.4 Å². The van der Waals surface area contributed by atoms with Crippen LogP contribution in [0.5, 0.6) is 0 Å². The summed E-state index contributed by atoms with van der Waals surface area (Å²) in [6, 6.07) is 0.870. The summed E-state index contributed by atoms with van der Waals surface area (Å²) in [5.74, 6) is 0.00642. The van der Waals surface area contributed by atoms with Crippen molar-refractivity contribution in [3.63, 3.8) is 0 Å². The highest BCUT2D eigenvalue weighted by Gasteiger charge is 2.10. The zero-order chi connectivity index (χ0) is 14.1. The van der Waals surface area contributed by atoms with Gasteiger partial charge in [-0.2, -0.15) is 11.8 Å². The van der Waals surface area contributed by atoms with Gasteiger partial charge in [0.1, 0.15) is 0 Å². The number of nitrogens with one attached hydrogen (secondary N) is 2. The van der Waals surface area contributed by atoms with Crippen molar-refractivity contribution in [3.05, 3.63) is 17.7 Å². The number of unbranched alkanes of at least 4 members (excludes halogenated alkanes) is 1. The Hall–Kier alpha value is -1.04. The summed E-state index contributed by atoms with van der Waals surface area (Å²) < 4.78 is 27.0. The summed E-state index contributed by atoms with van der Waals surface area (Å²) in [5, 5.41) is 5.76. The molecule has 0 atom stereocenters. The van der Waals surface area contributed by atoms with Crippen LogP contribution in [0.1, 0.15) is 26.2 Å². The van der Waals surface area contributed by atoms with E-state index in [2.05, 4.69) is 21.9 Å². The number of thioether (sulfide) groups is 1. The first-order chi connectivity index (χ1) is 9.19. The predicted octanol–water partition coefficient (Wildman–Crippen LogP) is 3.74. The van der Waals surface area contributed by atoms with E-state index >= 15 is 0 Å². The smallest absolute Gasteiger partial charge is 0.168 e. The average molecular weight is 289 g/mol. The molecule has 0 saturated carbocycles. The van der Waals surface area contributed by atoms with Crippen molar-refractivity contribution < 1.29 is 8.78 Å². The Morgan fingerprint density at radius 2 is 1.74 bits per heavy atom. The molecule has 0 radical (unpaired) electrons. The number of nitrogens with zero attached hydrogens (tertiary/aromatic N) is 1. The Balaban J connectivity index is 2.56. The Bertz CT molecular complexity index is 388. The maximum absolute atomic E-state index is 13.5. The molecule has 1 heterocycles. The molecule has 0 aliphatic heterocycles. The lowest BCUT2D eigenvalue weighted by atomic mass is 10.3. The summed E-state index contributed by atoms with van der Waals surface area (Å²) in [4.78, 5) is 3.95. The van der Waals surface area contributed by atoms with Gasteiger partial charge < -0.3 is 10.6 Å². The molecule has 0 aromatic carbocycles. The Labute approximate surface area is 117 Å². The lowest BCUT2D eigenvalue weighted by molar-refractivity contribution is 0.577. The Morgan fingerprint density at radius 3 is 2.32 bits per heavy atom. The highest BCUT2D eigenvalue weighted by Crippen LogP contribution is 2.19. The zero-order valence-electron chi connectivity index (χ0n) is 11.4. The van der Waals surface area contributed by atoms with E-state index in [1.807, 2.05) is 6.92 Å². The molecule has 0 fully saturated rings. The van der Waals surface area contributed by atoms with Gasteiger partial charge in [-0.25, -0.2) is 13.8 Å². The summed E-state index contributed by atoms with van der Waals surface area (Å²) in [7, 11) is 0. The number of hydrogen-bond acceptors (Lipinski definition) is 4. The van der Waals surface area contributed by atoms with Crippen molar-refractivity contribution in [1.82, 2.24) is 4.98 Å².